The average Bonchev–Trinajstić information content (AvgIpc) is 3.23. The van der Waals surface area contributed by atoms with E-state index < -0.39 is 16.1 Å². The Kier molecular flexibility index (Phi) is 10.7. The number of nitrogens with one attached hydrogen (secondary N) is 1. The van der Waals surface area contributed by atoms with Gasteiger partial charge in [-0.25, -0.2) is 17.5 Å². The number of piperidine rings is 2. The fraction of sp³-hybridized carbons (Fsp3) is 0.688. The molecule has 3 aliphatic heterocycles. The zero-order chi connectivity index (χ0) is 31.4. The lowest BCUT2D eigenvalue weighted by Gasteiger charge is -2.39. The molecule has 1 N–H and O–H groups in total. The van der Waals surface area contributed by atoms with E-state index in [0.717, 1.165) is 75.6 Å². The van der Waals surface area contributed by atoms with E-state index in [1.54, 1.807) is 29.1 Å². The molecule has 12 heteroatoms. The number of pyridine rings is 1. The fourth-order valence-electron chi connectivity index (χ4n) is 7.43. The molecule has 44 heavy (non-hydrogen) atoms. The number of sulfonamides is 1. The van der Waals surface area contributed by atoms with Crippen LogP contribution in [0.4, 0.5) is 4.79 Å². The first-order valence-electron chi connectivity index (χ1n) is 16.1. The second-order valence-corrected chi connectivity index (χ2v) is 15.1. The Morgan fingerprint density at radius 3 is 2.41 bits per heavy atom. The van der Waals surface area contributed by atoms with Crippen LogP contribution in [0.1, 0.15) is 64.8 Å². The maximum absolute atomic E-state index is 13.2. The fourth-order valence-corrected chi connectivity index (χ4v) is 8.87. The minimum absolute atomic E-state index is 0.0260. The summed E-state index contributed by atoms with van der Waals surface area (Å²) in [7, 11) is 0.110. The van der Waals surface area contributed by atoms with Crippen molar-refractivity contribution in [3.8, 4) is 5.75 Å². The zero-order valence-electron chi connectivity index (χ0n) is 26.6. The molecule has 0 aliphatic carbocycles. The monoisotopic (exact) mass is 631 g/mol. The molecule has 3 atom stereocenters. The summed E-state index contributed by atoms with van der Waals surface area (Å²) in [6.45, 7) is 7.98. The molecule has 2 aromatic rings. The van der Waals surface area contributed by atoms with Crippen LogP contribution in [0.5, 0.6) is 5.75 Å². The highest BCUT2D eigenvalue weighted by Gasteiger charge is 2.41. The van der Waals surface area contributed by atoms with Crippen molar-refractivity contribution in [2.45, 2.75) is 89.0 Å². The summed E-state index contributed by atoms with van der Waals surface area (Å²) in [6, 6.07) is 9.75. The van der Waals surface area contributed by atoms with Crippen molar-refractivity contribution in [3.63, 3.8) is 0 Å². The predicted molar refractivity (Wildman–Crippen MR) is 172 cm³/mol. The number of fused-ring (bicyclic) bond motifs is 3. The Hall–Kier alpha value is -2.51. The van der Waals surface area contributed by atoms with E-state index in [-0.39, 0.29) is 35.2 Å². The lowest BCUT2D eigenvalue weighted by Crippen LogP contribution is -2.51. The predicted octanol–water partition coefficient (Wildman–Crippen LogP) is 3.43. The number of methoxy groups -OCH3 is 1. The molecule has 1 aromatic heterocycles. The highest BCUT2D eigenvalue weighted by atomic mass is 32.2. The maximum atomic E-state index is 13.2. The van der Waals surface area contributed by atoms with E-state index in [9.17, 15) is 18.0 Å². The van der Waals surface area contributed by atoms with E-state index >= 15 is 0 Å². The van der Waals surface area contributed by atoms with Gasteiger partial charge in [-0.2, -0.15) is 0 Å². The summed E-state index contributed by atoms with van der Waals surface area (Å²) >= 11 is 0. The molecule has 0 saturated carbocycles. The van der Waals surface area contributed by atoms with Gasteiger partial charge >= 0.3 is 6.09 Å². The molecule has 0 radical (unpaired) electrons. The second kappa shape index (κ2) is 14.3. The van der Waals surface area contributed by atoms with Crippen LogP contribution < -0.4 is 15.6 Å². The van der Waals surface area contributed by atoms with Crippen LogP contribution in [0, 0.1) is 0 Å². The minimum Gasteiger partial charge on any atom is -0.404 e. The van der Waals surface area contributed by atoms with Crippen molar-refractivity contribution in [1.29, 1.82) is 0 Å². The largest absolute Gasteiger partial charge is 0.413 e. The molecule has 11 nitrogen and oxygen atoms in total. The summed E-state index contributed by atoms with van der Waals surface area (Å²) in [5, 5.41) is 3.85. The molecule has 2 bridgehead atoms. The molecule has 1 aromatic carbocycles. The summed E-state index contributed by atoms with van der Waals surface area (Å²) in [6.07, 6.45) is 5.33. The Bertz CT molecular complexity index is 1440. The van der Waals surface area contributed by atoms with E-state index in [4.69, 9.17) is 9.47 Å². The van der Waals surface area contributed by atoms with E-state index in [2.05, 4.69) is 15.1 Å². The number of ether oxygens (including phenoxy) is 2. The summed E-state index contributed by atoms with van der Waals surface area (Å²) < 4.78 is 40.4. The number of carbonyl (C=O) groups excluding carboxylic acids is 1. The molecule has 5 rings (SSSR count). The molecular weight excluding hydrogens is 582 g/mol. The van der Waals surface area contributed by atoms with E-state index in [1.165, 1.54) is 0 Å². The van der Waals surface area contributed by atoms with Gasteiger partial charge < -0.3 is 24.3 Å². The SMILES string of the molecule is COCCN1CCC(N(C)S(=O)(=O)CCCN2[C@@H]3CC[C@H]2CC(NC(=O)Oc2cc4ccccc4n(C(C)C)c2=O)C3)CC1. The molecule has 244 valence electrons. The Balaban J connectivity index is 1.10. The van der Waals surface area contributed by atoms with Crippen LogP contribution in [-0.2, 0) is 14.8 Å². The second-order valence-electron chi connectivity index (χ2n) is 12.9. The van der Waals surface area contributed by atoms with Crippen molar-refractivity contribution in [2.75, 3.05) is 52.7 Å². The van der Waals surface area contributed by atoms with Gasteiger partial charge in [0, 0.05) is 56.3 Å². The Labute approximate surface area is 261 Å². The molecule has 3 aliphatic rings. The number of hydrogen-bond acceptors (Lipinski definition) is 8. The number of para-hydroxylation sites is 1. The van der Waals surface area contributed by atoms with Gasteiger partial charge in [0.15, 0.2) is 5.75 Å². The summed E-state index contributed by atoms with van der Waals surface area (Å²) in [5.74, 6) is 0.176. The first-order chi connectivity index (χ1) is 21.1. The van der Waals surface area contributed by atoms with Crippen molar-refractivity contribution in [3.05, 3.63) is 40.7 Å². The van der Waals surface area contributed by atoms with Crippen LogP contribution in [0.3, 0.4) is 0 Å². The number of benzene rings is 1. The lowest BCUT2D eigenvalue weighted by atomic mass is 9.97. The number of carbonyl (C=O) groups is 1. The topological polar surface area (TPSA) is 113 Å². The van der Waals surface area contributed by atoms with Crippen LogP contribution in [0.15, 0.2) is 35.1 Å². The first-order valence-corrected chi connectivity index (χ1v) is 17.7. The number of amides is 1. The smallest absolute Gasteiger partial charge is 0.404 e. The molecule has 3 saturated heterocycles. The van der Waals surface area contributed by atoms with Crippen LogP contribution in [-0.4, -0.2) is 110 Å². The Morgan fingerprint density at radius 2 is 1.75 bits per heavy atom. The number of nitrogens with zero attached hydrogens (tertiary/aromatic N) is 4. The first kappa shape index (κ1) is 32.9. The number of likely N-dealkylation sites (tertiary alicyclic amines) is 1. The zero-order valence-corrected chi connectivity index (χ0v) is 27.4. The highest BCUT2D eigenvalue weighted by molar-refractivity contribution is 7.89. The highest BCUT2D eigenvalue weighted by Crippen LogP contribution is 2.36. The Morgan fingerprint density at radius 1 is 1.07 bits per heavy atom. The third-order valence-electron chi connectivity index (χ3n) is 9.78. The number of aromatic nitrogens is 1. The van der Waals surface area contributed by atoms with Gasteiger partial charge in [0.05, 0.1) is 17.9 Å². The number of hydrogen-bond donors (Lipinski definition) is 1. The van der Waals surface area contributed by atoms with Gasteiger partial charge in [0.2, 0.25) is 10.0 Å². The van der Waals surface area contributed by atoms with Gasteiger partial charge in [-0.15, -0.1) is 0 Å². The minimum atomic E-state index is -3.33. The third-order valence-corrected chi connectivity index (χ3v) is 11.8. The maximum Gasteiger partial charge on any atom is 0.413 e. The molecule has 4 heterocycles. The van der Waals surface area contributed by atoms with Crippen molar-refractivity contribution in [2.24, 2.45) is 0 Å². The average molecular weight is 632 g/mol. The van der Waals surface area contributed by atoms with Crippen LogP contribution in [0.2, 0.25) is 0 Å². The van der Waals surface area contributed by atoms with Crippen molar-refractivity contribution >= 4 is 27.0 Å². The van der Waals surface area contributed by atoms with Gasteiger partial charge in [0.1, 0.15) is 0 Å². The van der Waals surface area contributed by atoms with Crippen molar-refractivity contribution in [1.82, 2.24) is 24.0 Å². The van der Waals surface area contributed by atoms with Gasteiger partial charge in [-0.3, -0.25) is 9.69 Å². The van der Waals surface area contributed by atoms with Gasteiger partial charge in [0.25, 0.3) is 5.56 Å². The normalized spacial score (nSPS) is 23.5. The van der Waals surface area contributed by atoms with Crippen LogP contribution >= 0.6 is 0 Å². The quantitative estimate of drug-likeness (QED) is 0.379. The van der Waals surface area contributed by atoms with Gasteiger partial charge in [-0.1, -0.05) is 18.2 Å². The molecular formula is C32H49N5O6S. The number of rotatable bonds is 12. The third kappa shape index (κ3) is 7.47. The molecule has 3 fully saturated rings. The summed E-state index contributed by atoms with van der Waals surface area (Å²) in [4.78, 5) is 30.9. The van der Waals surface area contributed by atoms with Gasteiger partial charge in [-0.05, 0) is 90.6 Å². The summed E-state index contributed by atoms with van der Waals surface area (Å²) in [5.41, 5.74) is 0.486. The lowest BCUT2D eigenvalue weighted by molar-refractivity contribution is 0.113. The van der Waals surface area contributed by atoms with Crippen LogP contribution in [0.25, 0.3) is 10.9 Å². The van der Waals surface area contributed by atoms with E-state index in [0.29, 0.717) is 25.1 Å². The standard InChI is InChI=1S/C32H49N5O6S/c1-23(2)37-29-9-6-5-8-24(29)20-30(31(37)38)43-32(39)33-25-21-27-10-11-28(22-25)36(27)14-7-19-44(40,41)34(3)26-12-15-35(16-13-26)17-18-42-4/h5-6,8-9,20,23,25-28H,7,10-19,21-22H2,1-4H3,(H,33,39)/t25?,27-,28+. The molecule has 0 spiro atoms. The van der Waals surface area contributed by atoms with E-state index in [1.807, 2.05) is 38.1 Å². The van der Waals surface area contributed by atoms with Crippen molar-refractivity contribution < 1.29 is 22.7 Å². The molecule has 1 unspecified atom stereocenters. The molecule has 1 amide bonds.